The van der Waals surface area contributed by atoms with Crippen LogP contribution in [0.1, 0.15) is 33.3 Å². The van der Waals surface area contributed by atoms with Crippen LogP contribution in [0.5, 0.6) is 0 Å². The molecule has 0 heterocycles. The molecule has 0 N–H and O–H groups in total. The van der Waals surface area contributed by atoms with Gasteiger partial charge in [0.15, 0.2) is 7.56 Å². The Labute approximate surface area is 165 Å². The Kier molecular flexibility index (Phi) is 8.77. The Morgan fingerprint density at radius 2 is 1.20 bits per heavy atom. The Balaban J connectivity index is 0.00000312. The maximum Gasteiger partial charge on any atom is 0.190 e. The molecule has 25 heavy (non-hydrogen) atoms. The van der Waals surface area contributed by atoms with Crippen LogP contribution >= 0.6 is 7.56 Å². The van der Waals surface area contributed by atoms with Gasteiger partial charge in [0.05, 0.1) is 0 Å². The van der Waals surface area contributed by atoms with Gasteiger partial charge < -0.3 is 17.0 Å². The fourth-order valence-corrected chi connectivity index (χ4v) is 8.42. The summed E-state index contributed by atoms with van der Waals surface area (Å²) < 4.78 is 5.24. The minimum Gasteiger partial charge on any atom is -1.00 e. The minimum atomic E-state index is -1.70. The SMILES string of the molecule is CC(C)N(C(C)C)[P+](Cc1ccccc1)(c1ccccc1)N(C)C.[Br-]. The zero-order chi connectivity index (χ0) is 17.7. The van der Waals surface area contributed by atoms with Gasteiger partial charge in [0, 0.05) is 26.2 Å². The highest BCUT2D eigenvalue weighted by Crippen LogP contribution is 2.66. The molecular formula is C21H32BrN2P. The van der Waals surface area contributed by atoms with Crippen LogP contribution in [-0.2, 0) is 6.16 Å². The molecule has 0 radical (unpaired) electrons. The second-order valence-corrected chi connectivity index (χ2v) is 10.7. The van der Waals surface area contributed by atoms with E-state index in [1.807, 2.05) is 0 Å². The van der Waals surface area contributed by atoms with E-state index in [0.29, 0.717) is 12.1 Å². The van der Waals surface area contributed by atoms with Crippen LogP contribution in [-0.4, -0.2) is 35.5 Å². The summed E-state index contributed by atoms with van der Waals surface area (Å²) in [5.41, 5.74) is 1.41. The Morgan fingerprint density at radius 1 is 0.760 bits per heavy atom. The Morgan fingerprint density at radius 3 is 1.60 bits per heavy atom. The molecule has 2 rings (SSSR count). The standard InChI is InChI=1S/C21H32N2P.BrH/c1-18(2)23(19(3)4)24(22(5)6,21-15-11-8-12-16-21)17-20-13-9-7-10-14-20;/h7-16,18-19H,17H2,1-6H3;1H/q+1;/p-1. The summed E-state index contributed by atoms with van der Waals surface area (Å²) in [6.45, 7) is 9.30. The lowest BCUT2D eigenvalue weighted by molar-refractivity contribution is -0.00000601. The van der Waals surface area contributed by atoms with E-state index in [-0.39, 0.29) is 17.0 Å². The van der Waals surface area contributed by atoms with Crippen LogP contribution in [0.4, 0.5) is 0 Å². The molecule has 0 saturated carbocycles. The summed E-state index contributed by atoms with van der Waals surface area (Å²) in [5.74, 6) is 0. The molecule has 0 fully saturated rings. The number of nitrogens with zero attached hydrogens (tertiary/aromatic N) is 2. The fraction of sp³-hybridized carbons (Fsp3) is 0.429. The molecule has 4 heteroatoms. The Bertz CT molecular complexity index is 608. The van der Waals surface area contributed by atoms with Gasteiger partial charge in [-0.25, -0.2) is 0 Å². The predicted molar refractivity (Wildman–Crippen MR) is 109 cm³/mol. The third-order valence-electron chi connectivity index (χ3n) is 4.52. The maximum absolute atomic E-state index is 2.75. The summed E-state index contributed by atoms with van der Waals surface area (Å²) in [5, 5.41) is 1.46. The zero-order valence-electron chi connectivity index (χ0n) is 16.4. The second kappa shape index (κ2) is 9.83. The number of hydrogen-bond donors (Lipinski definition) is 0. The number of hydrogen-bond acceptors (Lipinski definition) is 2. The summed E-state index contributed by atoms with van der Waals surface area (Å²) in [4.78, 5) is 0. The third kappa shape index (κ3) is 4.92. The van der Waals surface area contributed by atoms with Crippen molar-refractivity contribution in [3.63, 3.8) is 0 Å². The highest BCUT2D eigenvalue weighted by Gasteiger charge is 2.52. The first-order valence-corrected chi connectivity index (χ1v) is 10.7. The smallest absolute Gasteiger partial charge is 0.190 e. The second-order valence-electron chi connectivity index (χ2n) is 7.12. The van der Waals surface area contributed by atoms with Gasteiger partial charge in [0.2, 0.25) is 0 Å². The highest BCUT2D eigenvalue weighted by molar-refractivity contribution is 7.78. The van der Waals surface area contributed by atoms with Crippen molar-refractivity contribution < 1.29 is 17.0 Å². The largest absolute Gasteiger partial charge is 1.00 e. The Hall–Kier alpha value is -0.730. The third-order valence-corrected chi connectivity index (χ3v) is 9.46. The topological polar surface area (TPSA) is 6.48 Å². The van der Waals surface area contributed by atoms with Gasteiger partial charge in [-0.05, 0) is 45.4 Å². The normalized spacial score (nSPS) is 14.0. The summed E-state index contributed by atoms with van der Waals surface area (Å²) in [6.07, 6.45) is 1.07. The molecule has 2 nitrogen and oxygen atoms in total. The van der Waals surface area contributed by atoms with Crippen LogP contribution in [0.3, 0.4) is 0 Å². The lowest BCUT2D eigenvalue weighted by Crippen LogP contribution is -3.00. The number of halogens is 1. The first-order valence-electron chi connectivity index (χ1n) is 8.83. The summed E-state index contributed by atoms with van der Waals surface area (Å²) in [7, 11) is 2.80. The van der Waals surface area contributed by atoms with Crippen LogP contribution in [0.25, 0.3) is 0 Å². The summed E-state index contributed by atoms with van der Waals surface area (Å²) in [6, 6.07) is 23.0. The van der Waals surface area contributed by atoms with E-state index in [4.69, 9.17) is 0 Å². The highest BCUT2D eigenvalue weighted by atomic mass is 79.9. The van der Waals surface area contributed by atoms with Gasteiger partial charge in [0.1, 0.15) is 11.5 Å². The quantitative estimate of drug-likeness (QED) is 0.630. The van der Waals surface area contributed by atoms with Crippen molar-refractivity contribution >= 4 is 12.9 Å². The van der Waals surface area contributed by atoms with Crippen molar-refractivity contribution in [1.82, 2.24) is 9.34 Å². The number of rotatable bonds is 7. The molecule has 0 amide bonds. The molecule has 2 aromatic rings. The number of benzene rings is 2. The molecule has 0 aromatic heterocycles. The molecule has 0 saturated heterocycles. The van der Waals surface area contributed by atoms with E-state index in [0.717, 1.165) is 6.16 Å². The molecule has 0 aliphatic rings. The van der Waals surface area contributed by atoms with E-state index in [9.17, 15) is 0 Å². The van der Waals surface area contributed by atoms with Crippen molar-refractivity contribution in [1.29, 1.82) is 0 Å². The van der Waals surface area contributed by atoms with E-state index >= 15 is 0 Å². The molecular weight excluding hydrogens is 391 g/mol. The van der Waals surface area contributed by atoms with Crippen molar-refractivity contribution in [2.75, 3.05) is 14.1 Å². The van der Waals surface area contributed by atoms with E-state index < -0.39 is 7.56 Å². The van der Waals surface area contributed by atoms with Crippen LogP contribution in [0, 0.1) is 0 Å². The van der Waals surface area contributed by atoms with Gasteiger partial charge in [-0.2, -0.15) is 9.34 Å². The van der Waals surface area contributed by atoms with Crippen molar-refractivity contribution in [3.05, 3.63) is 66.2 Å². The molecule has 1 unspecified atom stereocenters. The molecule has 1 atom stereocenters. The van der Waals surface area contributed by atoms with E-state index in [2.05, 4.69) is 112 Å². The predicted octanol–water partition coefficient (Wildman–Crippen LogP) is 2.04. The van der Waals surface area contributed by atoms with Gasteiger partial charge in [-0.15, -0.1) is 0 Å². The molecule has 0 spiro atoms. The molecule has 2 aromatic carbocycles. The van der Waals surface area contributed by atoms with Crippen LogP contribution in [0.15, 0.2) is 60.7 Å². The van der Waals surface area contributed by atoms with Gasteiger partial charge in [-0.3, -0.25) is 0 Å². The van der Waals surface area contributed by atoms with Crippen molar-refractivity contribution in [2.45, 2.75) is 45.9 Å². The fourth-order valence-electron chi connectivity index (χ4n) is 3.75. The first-order chi connectivity index (χ1) is 11.4. The van der Waals surface area contributed by atoms with E-state index in [1.165, 1.54) is 10.9 Å². The first kappa shape index (κ1) is 22.3. The van der Waals surface area contributed by atoms with Crippen molar-refractivity contribution in [2.24, 2.45) is 0 Å². The monoisotopic (exact) mass is 422 g/mol. The lowest BCUT2D eigenvalue weighted by Gasteiger charge is -2.44. The average Bonchev–Trinajstić information content (AvgIpc) is 2.55. The zero-order valence-corrected chi connectivity index (χ0v) is 18.8. The van der Waals surface area contributed by atoms with Crippen LogP contribution < -0.4 is 22.3 Å². The molecule has 0 aliphatic heterocycles. The maximum atomic E-state index is 2.75. The molecule has 0 bridgehead atoms. The lowest BCUT2D eigenvalue weighted by atomic mass is 10.2. The van der Waals surface area contributed by atoms with Gasteiger partial charge >= 0.3 is 0 Å². The van der Waals surface area contributed by atoms with Crippen LogP contribution in [0.2, 0.25) is 0 Å². The summed E-state index contributed by atoms with van der Waals surface area (Å²) >= 11 is 0. The van der Waals surface area contributed by atoms with Crippen molar-refractivity contribution in [3.8, 4) is 0 Å². The molecule has 138 valence electrons. The van der Waals surface area contributed by atoms with Gasteiger partial charge in [0.25, 0.3) is 0 Å². The minimum absolute atomic E-state index is 0. The average molecular weight is 423 g/mol. The molecule has 0 aliphatic carbocycles. The van der Waals surface area contributed by atoms with Gasteiger partial charge in [-0.1, -0.05) is 48.5 Å². The van der Waals surface area contributed by atoms with E-state index in [1.54, 1.807) is 0 Å².